The number of aliphatic hydroxyl groups is 2. The van der Waals surface area contributed by atoms with Crippen molar-refractivity contribution in [2.45, 2.75) is 70.5 Å². The smallest absolute Gasteiger partial charge is 0.550 e. The third kappa shape index (κ3) is 4.26. The topological polar surface area (TPSA) is 141 Å². The standard InChI is InChI=1S/C25H32O8.Na/c1-23-9-7-15(26)11-14(23)3-4-16-17-8-10-25(32,24(17,2)12-18(27)22(16)23)19(28)13-33-21(31)6-5-20(29)30;/h7,9,11,16-18,22,27,32H,3-6,8,10,12-13H2,1-2H3,(H,29,30);/q;+1/p-1/t16?,17?,18?,22?,23-,24-,25-;/m0./s1. The van der Waals surface area contributed by atoms with Gasteiger partial charge in [0.25, 0.3) is 0 Å². The maximum atomic E-state index is 13.1. The van der Waals surface area contributed by atoms with Crippen LogP contribution in [0.3, 0.4) is 0 Å². The molecule has 9 heteroatoms. The van der Waals surface area contributed by atoms with E-state index in [1.54, 1.807) is 12.2 Å². The fourth-order valence-electron chi connectivity index (χ4n) is 7.33. The number of ketones is 2. The second-order valence-corrected chi connectivity index (χ2v) is 10.6. The van der Waals surface area contributed by atoms with Crippen LogP contribution in [-0.2, 0) is 23.9 Å². The van der Waals surface area contributed by atoms with Gasteiger partial charge >= 0.3 is 35.5 Å². The van der Waals surface area contributed by atoms with Gasteiger partial charge in [0.05, 0.1) is 12.5 Å². The number of carbonyl (C=O) groups excluding carboxylic acids is 4. The van der Waals surface area contributed by atoms with E-state index < -0.39 is 59.7 Å². The molecule has 0 heterocycles. The molecule has 0 saturated heterocycles. The Hall–Kier alpha value is -1.32. The van der Waals surface area contributed by atoms with Gasteiger partial charge in [-0.25, -0.2) is 0 Å². The summed E-state index contributed by atoms with van der Waals surface area (Å²) < 4.78 is 4.94. The van der Waals surface area contributed by atoms with Crippen LogP contribution in [0.2, 0.25) is 0 Å². The molecule has 34 heavy (non-hydrogen) atoms. The summed E-state index contributed by atoms with van der Waals surface area (Å²) in [4.78, 5) is 47.2. The number of hydrogen-bond donors (Lipinski definition) is 2. The van der Waals surface area contributed by atoms with Crippen LogP contribution in [0.5, 0.6) is 0 Å². The average Bonchev–Trinajstić information content (AvgIpc) is 3.02. The summed E-state index contributed by atoms with van der Waals surface area (Å²) in [5.41, 5.74) is -2.02. The molecule has 0 aromatic carbocycles. The van der Waals surface area contributed by atoms with Gasteiger partial charge in [-0.2, -0.15) is 0 Å². The molecule has 0 aromatic rings. The van der Waals surface area contributed by atoms with E-state index in [-0.39, 0.29) is 65.9 Å². The van der Waals surface area contributed by atoms with E-state index in [9.17, 15) is 34.5 Å². The normalized spacial score (nSPS) is 40.2. The first-order valence-corrected chi connectivity index (χ1v) is 11.7. The van der Waals surface area contributed by atoms with Gasteiger partial charge in [-0.15, -0.1) is 0 Å². The average molecular weight is 483 g/mol. The van der Waals surface area contributed by atoms with Crippen LogP contribution >= 0.6 is 0 Å². The Morgan fingerprint density at radius 3 is 2.59 bits per heavy atom. The van der Waals surface area contributed by atoms with Crippen LogP contribution in [0.1, 0.15) is 58.8 Å². The number of rotatable bonds is 6. The molecule has 4 aliphatic rings. The SMILES string of the molecule is C[C@]12C=CC(=O)C=C1CCC1C2C(O)C[C@@]2(C)C1CC[C@]2(O)C(=O)COC(=O)CCC(=O)[O-].[Na+]. The number of carboxylic acids is 1. The van der Waals surface area contributed by atoms with Crippen molar-refractivity contribution < 1.29 is 68.8 Å². The molecule has 3 saturated carbocycles. The molecule has 3 fully saturated rings. The summed E-state index contributed by atoms with van der Waals surface area (Å²) in [5.74, 6) is -2.91. The molecule has 0 aromatic heterocycles. The summed E-state index contributed by atoms with van der Waals surface area (Å²) in [5, 5.41) is 33.4. The number of aliphatic hydroxyl groups excluding tert-OH is 1. The van der Waals surface area contributed by atoms with Gasteiger partial charge in [-0.3, -0.25) is 14.4 Å². The van der Waals surface area contributed by atoms with E-state index in [1.165, 1.54) is 0 Å². The molecule has 180 valence electrons. The van der Waals surface area contributed by atoms with Gasteiger partial charge in [0.1, 0.15) is 5.60 Å². The van der Waals surface area contributed by atoms with Gasteiger partial charge in [0.15, 0.2) is 12.4 Å². The number of fused-ring (bicyclic) bond motifs is 5. The van der Waals surface area contributed by atoms with Crippen molar-refractivity contribution in [2.24, 2.45) is 28.6 Å². The number of aliphatic carboxylic acids is 1. The number of carboxylic acid groups (broad SMARTS) is 1. The summed E-state index contributed by atoms with van der Waals surface area (Å²) in [6, 6.07) is 0. The zero-order valence-electron chi connectivity index (χ0n) is 20.0. The van der Waals surface area contributed by atoms with Gasteiger partial charge in [0, 0.05) is 22.7 Å². The Balaban J connectivity index is 0.00000324. The van der Waals surface area contributed by atoms with Gasteiger partial charge < -0.3 is 24.9 Å². The molecule has 8 nitrogen and oxygen atoms in total. The quantitative estimate of drug-likeness (QED) is 0.317. The fourth-order valence-corrected chi connectivity index (χ4v) is 7.33. The van der Waals surface area contributed by atoms with Crippen LogP contribution in [-0.4, -0.2) is 52.0 Å². The maximum absolute atomic E-state index is 13.1. The van der Waals surface area contributed by atoms with Crippen LogP contribution in [0.15, 0.2) is 23.8 Å². The number of Topliss-reactive ketones (excluding diaryl/α,β-unsaturated/α-hetero) is 1. The predicted molar refractivity (Wildman–Crippen MR) is 113 cm³/mol. The molecular formula is C25H31NaO8. The van der Waals surface area contributed by atoms with Crippen molar-refractivity contribution in [2.75, 3.05) is 6.61 Å². The third-order valence-electron chi connectivity index (χ3n) is 9.01. The Kier molecular flexibility index (Phi) is 7.71. The monoisotopic (exact) mass is 482 g/mol. The van der Waals surface area contributed by atoms with Gasteiger partial charge in [-0.1, -0.05) is 25.5 Å². The summed E-state index contributed by atoms with van der Waals surface area (Å²) in [7, 11) is 0. The van der Waals surface area contributed by atoms with Crippen molar-refractivity contribution in [3.63, 3.8) is 0 Å². The van der Waals surface area contributed by atoms with E-state index in [0.717, 1.165) is 18.4 Å². The van der Waals surface area contributed by atoms with Crippen molar-refractivity contribution in [1.82, 2.24) is 0 Å². The van der Waals surface area contributed by atoms with Crippen molar-refractivity contribution in [1.29, 1.82) is 0 Å². The summed E-state index contributed by atoms with van der Waals surface area (Å²) >= 11 is 0. The molecule has 0 aliphatic heterocycles. The molecule has 4 rings (SSSR count). The molecule has 4 unspecified atom stereocenters. The van der Waals surface area contributed by atoms with Crippen molar-refractivity contribution in [3.8, 4) is 0 Å². The van der Waals surface area contributed by atoms with Crippen LogP contribution < -0.4 is 34.7 Å². The molecule has 0 spiro atoms. The Morgan fingerprint density at radius 1 is 1.21 bits per heavy atom. The number of carbonyl (C=O) groups is 4. The van der Waals surface area contributed by atoms with Gasteiger partial charge in [-0.05, 0) is 62.5 Å². The van der Waals surface area contributed by atoms with Crippen LogP contribution in [0.25, 0.3) is 0 Å². The minimum Gasteiger partial charge on any atom is -0.550 e. The first-order chi connectivity index (χ1) is 15.4. The Bertz CT molecular complexity index is 957. The van der Waals surface area contributed by atoms with E-state index in [4.69, 9.17) is 4.74 Å². The number of ether oxygens (including phenoxy) is 1. The van der Waals surface area contributed by atoms with Crippen molar-refractivity contribution in [3.05, 3.63) is 23.8 Å². The Labute approximate surface area is 221 Å². The van der Waals surface area contributed by atoms with Crippen molar-refractivity contribution >= 4 is 23.5 Å². The number of esters is 1. The molecule has 2 N–H and O–H groups in total. The maximum Gasteiger partial charge on any atom is 1.00 e. The van der Waals surface area contributed by atoms with E-state index in [2.05, 4.69) is 6.92 Å². The zero-order chi connectivity index (χ0) is 24.2. The molecular weight excluding hydrogens is 451 g/mol. The summed E-state index contributed by atoms with van der Waals surface area (Å²) in [6.07, 6.45) is 6.04. The predicted octanol–water partition coefficient (Wildman–Crippen LogP) is -2.36. The molecule has 0 radical (unpaired) electrons. The van der Waals surface area contributed by atoms with Gasteiger partial charge in [0.2, 0.25) is 5.78 Å². The van der Waals surface area contributed by atoms with E-state index in [1.807, 2.05) is 13.0 Å². The second-order valence-electron chi connectivity index (χ2n) is 10.6. The minimum atomic E-state index is -1.74. The first kappa shape index (κ1) is 27.3. The Morgan fingerprint density at radius 2 is 1.91 bits per heavy atom. The van der Waals surface area contributed by atoms with E-state index >= 15 is 0 Å². The molecule has 7 atom stereocenters. The van der Waals surface area contributed by atoms with E-state index in [0.29, 0.717) is 6.42 Å². The number of hydrogen-bond acceptors (Lipinski definition) is 8. The fraction of sp³-hybridized carbons (Fsp3) is 0.680. The summed E-state index contributed by atoms with van der Waals surface area (Å²) in [6.45, 7) is 3.26. The second kappa shape index (κ2) is 9.62. The largest absolute Gasteiger partial charge is 1.00 e. The first-order valence-electron chi connectivity index (χ1n) is 11.7. The third-order valence-corrected chi connectivity index (χ3v) is 9.01. The van der Waals surface area contributed by atoms with Crippen LogP contribution in [0, 0.1) is 28.6 Å². The minimum absolute atomic E-state index is 0. The number of allylic oxidation sites excluding steroid dienone is 4. The molecule has 0 amide bonds. The van der Waals surface area contributed by atoms with Crippen LogP contribution in [0.4, 0.5) is 0 Å². The molecule has 4 aliphatic carbocycles. The molecule has 0 bridgehead atoms. The zero-order valence-corrected chi connectivity index (χ0v) is 22.0.